The van der Waals surface area contributed by atoms with E-state index in [1.807, 2.05) is 0 Å². The van der Waals surface area contributed by atoms with Crippen molar-refractivity contribution in [1.82, 2.24) is 4.90 Å². The van der Waals surface area contributed by atoms with Gasteiger partial charge in [0.2, 0.25) is 0 Å². The molecule has 3 rings (SSSR count). The Kier molecular flexibility index (Phi) is 4.33. The second kappa shape index (κ2) is 6.13. The van der Waals surface area contributed by atoms with Crippen LogP contribution in [0.4, 0.5) is 13.2 Å². The topological polar surface area (TPSA) is 38.8 Å². The second-order valence-corrected chi connectivity index (χ2v) is 5.83. The van der Waals surface area contributed by atoms with Gasteiger partial charge in [0.05, 0.1) is 18.8 Å². The minimum absolute atomic E-state index is 0.0567. The maximum absolute atomic E-state index is 12.8. The van der Waals surface area contributed by atoms with E-state index < -0.39 is 17.5 Å². The lowest BCUT2D eigenvalue weighted by Gasteiger charge is -2.43. The van der Waals surface area contributed by atoms with E-state index in [-0.39, 0.29) is 11.5 Å². The van der Waals surface area contributed by atoms with E-state index in [9.17, 15) is 18.0 Å². The van der Waals surface area contributed by atoms with E-state index >= 15 is 0 Å². The molecule has 1 spiro atoms. The van der Waals surface area contributed by atoms with Crippen LogP contribution >= 0.6 is 0 Å². The first kappa shape index (κ1) is 16.3. The molecule has 23 heavy (non-hydrogen) atoms. The highest BCUT2D eigenvalue weighted by atomic mass is 19.4. The summed E-state index contributed by atoms with van der Waals surface area (Å²) in [6.45, 7) is 2.10. The number of alkyl halides is 3. The van der Waals surface area contributed by atoms with Gasteiger partial charge in [0, 0.05) is 31.5 Å². The van der Waals surface area contributed by atoms with Crippen LogP contribution in [0.3, 0.4) is 0 Å². The Morgan fingerprint density at radius 1 is 1.13 bits per heavy atom. The summed E-state index contributed by atoms with van der Waals surface area (Å²) >= 11 is 0. The molecule has 2 heterocycles. The Bertz CT molecular complexity index is 572. The minimum atomic E-state index is -4.45. The third-order valence-corrected chi connectivity index (χ3v) is 4.27. The standard InChI is InChI=1S/C16H18F3NO3/c17-16(18,19)13-4-1-3-12(11-13)14(21)20-7-5-15(6-8-20)22-9-2-10-23-15/h1,3-4,11H,2,5-10H2. The highest BCUT2D eigenvalue weighted by Crippen LogP contribution is 2.32. The number of amides is 1. The molecule has 0 N–H and O–H groups in total. The van der Waals surface area contributed by atoms with E-state index in [0.29, 0.717) is 39.1 Å². The van der Waals surface area contributed by atoms with Crippen LogP contribution in [0.25, 0.3) is 0 Å². The zero-order chi connectivity index (χ0) is 16.5. The van der Waals surface area contributed by atoms with Gasteiger partial charge in [-0.2, -0.15) is 13.2 Å². The number of hydrogen-bond donors (Lipinski definition) is 0. The van der Waals surface area contributed by atoms with Crippen molar-refractivity contribution in [3.8, 4) is 0 Å². The Balaban J connectivity index is 1.68. The number of ether oxygens (including phenoxy) is 2. The molecule has 0 aliphatic carbocycles. The number of piperidine rings is 1. The number of carbonyl (C=O) groups excluding carboxylic acids is 1. The molecule has 1 aromatic rings. The number of halogens is 3. The fourth-order valence-electron chi connectivity index (χ4n) is 2.97. The van der Waals surface area contributed by atoms with Gasteiger partial charge in [0.25, 0.3) is 5.91 Å². The summed E-state index contributed by atoms with van der Waals surface area (Å²) in [5, 5.41) is 0. The molecule has 1 aromatic carbocycles. The van der Waals surface area contributed by atoms with Gasteiger partial charge in [-0.25, -0.2) is 0 Å². The van der Waals surface area contributed by atoms with Crippen LogP contribution in [0.2, 0.25) is 0 Å². The van der Waals surface area contributed by atoms with E-state index in [4.69, 9.17) is 9.47 Å². The van der Waals surface area contributed by atoms with Crippen molar-refractivity contribution in [2.45, 2.75) is 31.2 Å². The maximum atomic E-state index is 12.8. The quantitative estimate of drug-likeness (QED) is 0.795. The molecule has 0 atom stereocenters. The van der Waals surface area contributed by atoms with Gasteiger partial charge in [-0.1, -0.05) is 6.07 Å². The average molecular weight is 329 g/mol. The van der Waals surface area contributed by atoms with Crippen LogP contribution in [0.1, 0.15) is 35.2 Å². The summed E-state index contributed by atoms with van der Waals surface area (Å²) < 4.78 is 49.7. The normalized spacial score (nSPS) is 21.4. The average Bonchev–Trinajstić information content (AvgIpc) is 2.55. The second-order valence-electron chi connectivity index (χ2n) is 5.83. The van der Waals surface area contributed by atoms with Crippen molar-refractivity contribution >= 4 is 5.91 Å². The molecule has 2 aliphatic heterocycles. The number of nitrogens with zero attached hydrogens (tertiary/aromatic N) is 1. The van der Waals surface area contributed by atoms with Gasteiger partial charge < -0.3 is 14.4 Å². The lowest BCUT2D eigenvalue weighted by Crippen LogP contribution is -2.51. The molecule has 0 aromatic heterocycles. The van der Waals surface area contributed by atoms with Gasteiger partial charge in [0.15, 0.2) is 5.79 Å². The zero-order valence-corrected chi connectivity index (χ0v) is 12.6. The predicted molar refractivity (Wildman–Crippen MR) is 75.8 cm³/mol. The van der Waals surface area contributed by atoms with Crippen LogP contribution in [0.5, 0.6) is 0 Å². The Hall–Kier alpha value is -1.60. The van der Waals surface area contributed by atoms with E-state index in [1.54, 1.807) is 4.90 Å². The van der Waals surface area contributed by atoms with Gasteiger partial charge in [-0.3, -0.25) is 4.79 Å². The summed E-state index contributed by atoms with van der Waals surface area (Å²) in [6, 6.07) is 4.54. The first-order valence-electron chi connectivity index (χ1n) is 7.64. The Labute approximate surface area is 132 Å². The van der Waals surface area contributed by atoms with Crippen LogP contribution in [0, 0.1) is 0 Å². The molecule has 0 unspecified atom stereocenters. The first-order chi connectivity index (χ1) is 10.9. The first-order valence-corrected chi connectivity index (χ1v) is 7.64. The SMILES string of the molecule is O=C(c1cccc(C(F)(F)F)c1)N1CCC2(CC1)OCCCO2. The van der Waals surface area contributed by atoms with E-state index in [2.05, 4.69) is 0 Å². The van der Waals surface area contributed by atoms with Gasteiger partial charge >= 0.3 is 6.18 Å². The summed E-state index contributed by atoms with van der Waals surface area (Å²) in [5.74, 6) is -1.01. The van der Waals surface area contributed by atoms with E-state index in [0.717, 1.165) is 18.6 Å². The summed E-state index contributed by atoms with van der Waals surface area (Å²) in [5.41, 5.74) is -0.753. The highest BCUT2D eigenvalue weighted by Gasteiger charge is 2.39. The molecule has 2 saturated heterocycles. The van der Waals surface area contributed by atoms with E-state index in [1.165, 1.54) is 12.1 Å². The largest absolute Gasteiger partial charge is 0.416 e. The van der Waals surface area contributed by atoms with Gasteiger partial charge in [0.1, 0.15) is 0 Å². The van der Waals surface area contributed by atoms with Crippen LogP contribution < -0.4 is 0 Å². The van der Waals surface area contributed by atoms with Crippen molar-refractivity contribution in [3.05, 3.63) is 35.4 Å². The molecule has 126 valence electrons. The smallest absolute Gasteiger partial charge is 0.350 e. The fraction of sp³-hybridized carbons (Fsp3) is 0.562. The van der Waals surface area contributed by atoms with Crippen molar-refractivity contribution in [3.63, 3.8) is 0 Å². The van der Waals surface area contributed by atoms with Crippen molar-refractivity contribution in [2.75, 3.05) is 26.3 Å². The molecule has 7 heteroatoms. The predicted octanol–water partition coefficient (Wildman–Crippen LogP) is 3.07. The number of likely N-dealkylation sites (tertiary alicyclic amines) is 1. The summed E-state index contributed by atoms with van der Waals surface area (Å²) in [7, 11) is 0. The molecule has 2 aliphatic rings. The lowest BCUT2D eigenvalue weighted by atomic mass is 10.0. The third-order valence-electron chi connectivity index (χ3n) is 4.27. The monoisotopic (exact) mass is 329 g/mol. The van der Waals surface area contributed by atoms with Crippen molar-refractivity contribution < 1.29 is 27.4 Å². The minimum Gasteiger partial charge on any atom is -0.350 e. The number of benzene rings is 1. The number of hydrogen-bond acceptors (Lipinski definition) is 3. The molecule has 0 radical (unpaired) electrons. The summed E-state index contributed by atoms with van der Waals surface area (Å²) in [4.78, 5) is 14.0. The van der Waals surface area contributed by atoms with Crippen LogP contribution in [-0.2, 0) is 15.7 Å². The van der Waals surface area contributed by atoms with Crippen molar-refractivity contribution in [1.29, 1.82) is 0 Å². The highest BCUT2D eigenvalue weighted by molar-refractivity contribution is 5.94. The maximum Gasteiger partial charge on any atom is 0.416 e. The van der Waals surface area contributed by atoms with Gasteiger partial charge in [-0.15, -0.1) is 0 Å². The molecule has 0 saturated carbocycles. The molecule has 0 bridgehead atoms. The van der Waals surface area contributed by atoms with Crippen LogP contribution in [-0.4, -0.2) is 42.9 Å². The number of rotatable bonds is 1. The Morgan fingerprint density at radius 3 is 2.39 bits per heavy atom. The van der Waals surface area contributed by atoms with Gasteiger partial charge in [-0.05, 0) is 24.6 Å². The van der Waals surface area contributed by atoms with Crippen LogP contribution in [0.15, 0.2) is 24.3 Å². The third kappa shape index (κ3) is 3.50. The zero-order valence-electron chi connectivity index (χ0n) is 12.6. The molecule has 2 fully saturated rings. The number of carbonyl (C=O) groups is 1. The lowest BCUT2D eigenvalue weighted by molar-refractivity contribution is -0.281. The fourth-order valence-corrected chi connectivity index (χ4v) is 2.97. The molecular weight excluding hydrogens is 311 g/mol. The molecule has 1 amide bonds. The summed E-state index contributed by atoms with van der Waals surface area (Å²) in [6.07, 6.45) is -2.52. The molecule has 4 nitrogen and oxygen atoms in total. The Morgan fingerprint density at radius 2 is 1.78 bits per heavy atom. The van der Waals surface area contributed by atoms with Crippen molar-refractivity contribution in [2.24, 2.45) is 0 Å². The molecular formula is C16H18F3NO3.